The molecule has 0 amide bonds. The first kappa shape index (κ1) is 7.28. The SMILES string of the molecule is CCCc1ccn(CN)n1. The molecule has 3 heteroatoms. The topological polar surface area (TPSA) is 43.8 Å². The van der Waals surface area contributed by atoms with Crippen molar-refractivity contribution in [2.24, 2.45) is 5.73 Å². The molecular formula is C7H13N3. The lowest BCUT2D eigenvalue weighted by atomic mass is 10.3. The second-order valence-electron chi connectivity index (χ2n) is 2.28. The molecule has 3 nitrogen and oxygen atoms in total. The van der Waals surface area contributed by atoms with Gasteiger partial charge in [-0.3, -0.25) is 4.68 Å². The highest BCUT2D eigenvalue weighted by Crippen LogP contribution is 1.97. The fraction of sp³-hybridized carbons (Fsp3) is 0.571. The molecular weight excluding hydrogens is 126 g/mol. The van der Waals surface area contributed by atoms with Crippen LogP contribution >= 0.6 is 0 Å². The summed E-state index contributed by atoms with van der Waals surface area (Å²) in [7, 11) is 0. The van der Waals surface area contributed by atoms with E-state index >= 15 is 0 Å². The standard InChI is InChI=1S/C7H13N3/c1-2-3-7-4-5-10(6-8)9-7/h4-5H,2-3,6,8H2,1H3. The molecule has 0 aromatic carbocycles. The molecule has 0 aliphatic rings. The summed E-state index contributed by atoms with van der Waals surface area (Å²) in [4.78, 5) is 0. The molecule has 56 valence electrons. The van der Waals surface area contributed by atoms with Crippen LogP contribution in [0.25, 0.3) is 0 Å². The monoisotopic (exact) mass is 139 g/mol. The molecule has 1 rings (SSSR count). The van der Waals surface area contributed by atoms with Gasteiger partial charge in [-0.05, 0) is 12.5 Å². The molecule has 10 heavy (non-hydrogen) atoms. The first-order valence-electron chi connectivity index (χ1n) is 3.59. The minimum atomic E-state index is 0.476. The Labute approximate surface area is 60.8 Å². The van der Waals surface area contributed by atoms with Crippen molar-refractivity contribution in [3.63, 3.8) is 0 Å². The van der Waals surface area contributed by atoms with Gasteiger partial charge in [-0.15, -0.1) is 0 Å². The van der Waals surface area contributed by atoms with Gasteiger partial charge in [0.15, 0.2) is 0 Å². The fourth-order valence-electron chi connectivity index (χ4n) is 0.895. The van der Waals surface area contributed by atoms with Gasteiger partial charge in [0.1, 0.15) is 0 Å². The molecule has 0 saturated heterocycles. The predicted molar refractivity (Wildman–Crippen MR) is 40.4 cm³/mol. The van der Waals surface area contributed by atoms with Crippen LogP contribution in [0.3, 0.4) is 0 Å². The van der Waals surface area contributed by atoms with E-state index < -0.39 is 0 Å². The van der Waals surface area contributed by atoms with Crippen molar-refractivity contribution in [1.29, 1.82) is 0 Å². The lowest BCUT2D eigenvalue weighted by Crippen LogP contribution is -2.07. The summed E-state index contributed by atoms with van der Waals surface area (Å²) in [6.45, 7) is 2.62. The summed E-state index contributed by atoms with van der Waals surface area (Å²) in [5, 5.41) is 4.21. The zero-order valence-electron chi connectivity index (χ0n) is 6.25. The number of rotatable bonds is 3. The molecule has 1 aromatic rings. The van der Waals surface area contributed by atoms with Crippen LogP contribution in [0.2, 0.25) is 0 Å². The van der Waals surface area contributed by atoms with Crippen LogP contribution < -0.4 is 5.73 Å². The van der Waals surface area contributed by atoms with Crippen molar-refractivity contribution < 1.29 is 0 Å². The van der Waals surface area contributed by atoms with Gasteiger partial charge in [-0.1, -0.05) is 13.3 Å². The lowest BCUT2D eigenvalue weighted by Gasteiger charge is -1.92. The Morgan fingerprint density at radius 1 is 1.70 bits per heavy atom. The van der Waals surface area contributed by atoms with Crippen LogP contribution in [0.1, 0.15) is 19.0 Å². The van der Waals surface area contributed by atoms with Crippen molar-refractivity contribution in [3.8, 4) is 0 Å². The van der Waals surface area contributed by atoms with E-state index in [-0.39, 0.29) is 0 Å². The first-order valence-corrected chi connectivity index (χ1v) is 3.59. The second-order valence-corrected chi connectivity index (χ2v) is 2.28. The van der Waals surface area contributed by atoms with Crippen molar-refractivity contribution >= 4 is 0 Å². The number of aryl methyl sites for hydroxylation is 1. The largest absolute Gasteiger partial charge is 0.312 e. The Balaban J connectivity index is 2.59. The number of aromatic nitrogens is 2. The molecule has 0 saturated carbocycles. The molecule has 0 atom stereocenters. The summed E-state index contributed by atoms with van der Waals surface area (Å²) < 4.78 is 1.74. The Morgan fingerprint density at radius 3 is 3.00 bits per heavy atom. The third-order valence-electron chi connectivity index (χ3n) is 1.39. The van der Waals surface area contributed by atoms with E-state index in [9.17, 15) is 0 Å². The smallest absolute Gasteiger partial charge is 0.0878 e. The summed E-state index contributed by atoms with van der Waals surface area (Å²) in [6.07, 6.45) is 4.10. The molecule has 2 N–H and O–H groups in total. The molecule has 0 bridgehead atoms. The molecule has 1 aromatic heterocycles. The zero-order chi connectivity index (χ0) is 7.40. The maximum atomic E-state index is 5.36. The molecule has 0 spiro atoms. The predicted octanol–water partition coefficient (Wildman–Crippen LogP) is 0.752. The van der Waals surface area contributed by atoms with E-state index in [1.807, 2.05) is 12.3 Å². The minimum Gasteiger partial charge on any atom is -0.312 e. The highest BCUT2D eigenvalue weighted by Gasteiger charge is 1.93. The first-order chi connectivity index (χ1) is 4.86. The number of nitrogens with two attached hydrogens (primary N) is 1. The van der Waals surface area contributed by atoms with Crippen molar-refractivity contribution in [2.75, 3.05) is 0 Å². The third-order valence-corrected chi connectivity index (χ3v) is 1.39. The normalized spacial score (nSPS) is 10.2. The van der Waals surface area contributed by atoms with Gasteiger partial charge in [0.25, 0.3) is 0 Å². The van der Waals surface area contributed by atoms with Gasteiger partial charge in [-0.2, -0.15) is 5.10 Å². The average Bonchev–Trinajstić information content (AvgIpc) is 2.37. The van der Waals surface area contributed by atoms with Crippen molar-refractivity contribution in [2.45, 2.75) is 26.4 Å². The van der Waals surface area contributed by atoms with Crippen LogP contribution in [-0.4, -0.2) is 9.78 Å². The van der Waals surface area contributed by atoms with E-state index in [1.165, 1.54) is 0 Å². The number of hydrogen-bond acceptors (Lipinski definition) is 2. The van der Waals surface area contributed by atoms with Crippen LogP contribution in [0, 0.1) is 0 Å². The fourth-order valence-corrected chi connectivity index (χ4v) is 0.895. The zero-order valence-corrected chi connectivity index (χ0v) is 6.25. The van der Waals surface area contributed by atoms with Gasteiger partial charge in [0, 0.05) is 6.20 Å². The van der Waals surface area contributed by atoms with E-state index in [4.69, 9.17) is 5.73 Å². The van der Waals surface area contributed by atoms with E-state index in [1.54, 1.807) is 4.68 Å². The third kappa shape index (κ3) is 1.57. The van der Waals surface area contributed by atoms with Gasteiger partial charge in [0.2, 0.25) is 0 Å². The van der Waals surface area contributed by atoms with Gasteiger partial charge in [-0.25, -0.2) is 0 Å². The summed E-state index contributed by atoms with van der Waals surface area (Å²) in [5.74, 6) is 0. The van der Waals surface area contributed by atoms with E-state index in [0.29, 0.717) is 6.67 Å². The second kappa shape index (κ2) is 3.37. The number of hydrogen-bond donors (Lipinski definition) is 1. The van der Waals surface area contributed by atoms with Crippen LogP contribution in [0.5, 0.6) is 0 Å². The molecule has 0 fully saturated rings. The Kier molecular flexibility index (Phi) is 2.45. The Bertz CT molecular complexity index is 192. The van der Waals surface area contributed by atoms with Crippen molar-refractivity contribution in [1.82, 2.24) is 9.78 Å². The van der Waals surface area contributed by atoms with E-state index in [2.05, 4.69) is 12.0 Å². The molecule has 0 unspecified atom stereocenters. The van der Waals surface area contributed by atoms with Crippen LogP contribution in [0.15, 0.2) is 12.3 Å². The minimum absolute atomic E-state index is 0.476. The summed E-state index contributed by atoms with van der Waals surface area (Å²) >= 11 is 0. The highest BCUT2D eigenvalue weighted by molar-refractivity contribution is 4.98. The molecule has 1 heterocycles. The molecule has 0 aliphatic heterocycles. The number of nitrogens with zero attached hydrogens (tertiary/aromatic N) is 2. The van der Waals surface area contributed by atoms with Crippen molar-refractivity contribution in [3.05, 3.63) is 18.0 Å². The van der Waals surface area contributed by atoms with Gasteiger partial charge >= 0.3 is 0 Å². The average molecular weight is 139 g/mol. The van der Waals surface area contributed by atoms with Crippen LogP contribution in [-0.2, 0) is 13.1 Å². The summed E-state index contributed by atoms with van der Waals surface area (Å²) in [6, 6.07) is 2.01. The quantitative estimate of drug-likeness (QED) is 0.671. The highest BCUT2D eigenvalue weighted by atomic mass is 15.3. The van der Waals surface area contributed by atoms with Gasteiger partial charge < -0.3 is 5.73 Å². The Hall–Kier alpha value is -0.830. The van der Waals surface area contributed by atoms with Crippen LogP contribution in [0.4, 0.5) is 0 Å². The summed E-state index contributed by atoms with van der Waals surface area (Å²) in [5.41, 5.74) is 6.49. The molecule has 0 radical (unpaired) electrons. The van der Waals surface area contributed by atoms with Gasteiger partial charge in [0.05, 0.1) is 12.4 Å². The molecule has 0 aliphatic carbocycles. The Morgan fingerprint density at radius 2 is 2.50 bits per heavy atom. The van der Waals surface area contributed by atoms with E-state index in [0.717, 1.165) is 18.5 Å². The maximum Gasteiger partial charge on any atom is 0.0878 e. The lowest BCUT2D eigenvalue weighted by molar-refractivity contribution is 0.625. The maximum absolute atomic E-state index is 5.36.